The summed E-state index contributed by atoms with van der Waals surface area (Å²) in [7, 11) is 0. The minimum Gasteiger partial charge on any atom is -0.472 e. The lowest BCUT2D eigenvalue weighted by Gasteiger charge is -2.13. The number of hydrogen-bond acceptors (Lipinski definition) is 6. The Morgan fingerprint density at radius 2 is 2.04 bits per heavy atom. The molecule has 5 nitrogen and oxygen atoms in total. The van der Waals surface area contributed by atoms with Crippen molar-refractivity contribution in [2.75, 3.05) is 11.1 Å². The summed E-state index contributed by atoms with van der Waals surface area (Å²) in [5, 5.41) is 15.1. The fourth-order valence-electron chi connectivity index (χ4n) is 2.80. The Bertz CT molecular complexity index is 1080. The molecule has 0 radical (unpaired) electrons. The fourth-order valence-corrected chi connectivity index (χ4v) is 3.49. The number of nitrogens with two attached hydrogens (primary N) is 1. The zero-order chi connectivity index (χ0) is 18.6. The van der Waals surface area contributed by atoms with E-state index in [4.69, 9.17) is 15.1 Å². The predicted molar refractivity (Wildman–Crippen MR) is 108 cm³/mol. The smallest absolute Gasteiger partial charge is 0.145 e. The van der Waals surface area contributed by atoms with Crippen LogP contribution in [-0.2, 0) is 6.54 Å². The van der Waals surface area contributed by atoms with Crippen LogP contribution in [0.4, 0.5) is 11.5 Å². The molecule has 0 saturated heterocycles. The van der Waals surface area contributed by atoms with Gasteiger partial charge in [0, 0.05) is 23.4 Å². The Balaban J connectivity index is 1.76. The molecular weight excluding hydrogens is 356 g/mol. The summed E-state index contributed by atoms with van der Waals surface area (Å²) in [5.41, 5.74) is 10.5. The Kier molecular flexibility index (Phi) is 4.60. The third-order valence-electron chi connectivity index (χ3n) is 4.18. The maximum atomic E-state index is 9.78. The Morgan fingerprint density at radius 3 is 2.70 bits per heavy atom. The van der Waals surface area contributed by atoms with E-state index in [1.807, 2.05) is 53.9 Å². The number of aromatic nitrogens is 1. The molecule has 132 valence electrons. The van der Waals surface area contributed by atoms with Crippen LogP contribution in [0, 0.1) is 11.3 Å². The Labute approximate surface area is 160 Å². The second-order valence-corrected chi connectivity index (χ2v) is 6.92. The first-order valence-corrected chi connectivity index (χ1v) is 9.22. The highest BCUT2D eigenvalue weighted by atomic mass is 32.1. The van der Waals surface area contributed by atoms with Gasteiger partial charge in [0.25, 0.3) is 0 Å². The highest BCUT2D eigenvalue weighted by Crippen LogP contribution is 2.34. The first-order valence-electron chi connectivity index (χ1n) is 8.34. The number of thiophene rings is 1. The maximum Gasteiger partial charge on any atom is 0.145 e. The van der Waals surface area contributed by atoms with E-state index in [0.717, 1.165) is 32.9 Å². The molecule has 0 fully saturated rings. The lowest BCUT2D eigenvalue weighted by Crippen LogP contribution is -2.05. The fraction of sp³-hybridized carbons (Fsp3) is 0.0476. The summed E-state index contributed by atoms with van der Waals surface area (Å²) in [5.74, 6) is 0.552. The number of hydrogen-bond donors (Lipinski definition) is 2. The van der Waals surface area contributed by atoms with E-state index in [1.165, 1.54) is 0 Å². The van der Waals surface area contributed by atoms with E-state index in [9.17, 15) is 5.26 Å². The van der Waals surface area contributed by atoms with Crippen LogP contribution in [0.1, 0.15) is 11.1 Å². The van der Waals surface area contributed by atoms with Gasteiger partial charge in [0.05, 0.1) is 23.1 Å². The summed E-state index contributed by atoms with van der Waals surface area (Å²) < 4.78 is 5.22. The van der Waals surface area contributed by atoms with Crippen molar-refractivity contribution in [3.05, 3.63) is 77.6 Å². The first kappa shape index (κ1) is 16.9. The van der Waals surface area contributed by atoms with Gasteiger partial charge in [-0.2, -0.15) is 5.26 Å². The number of nitrogen functional groups attached to an aromatic ring is 1. The molecule has 27 heavy (non-hydrogen) atoms. The van der Waals surface area contributed by atoms with Crippen molar-refractivity contribution in [3.63, 3.8) is 0 Å². The van der Waals surface area contributed by atoms with E-state index in [0.29, 0.717) is 17.9 Å². The van der Waals surface area contributed by atoms with Crippen molar-refractivity contribution >= 4 is 22.8 Å². The van der Waals surface area contributed by atoms with Crippen LogP contribution in [0.5, 0.6) is 0 Å². The van der Waals surface area contributed by atoms with Crippen molar-refractivity contribution in [2.45, 2.75) is 6.54 Å². The summed E-state index contributed by atoms with van der Waals surface area (Å²) in [6.45, 7) is 0.542. The molecule has 3 N–H and O–H groups in total. The lowest BCUT2D eigenvalue weighted by molar-refractivity contribution is 0.568. The molecule has 0 aliphatic rings. The molecule has 0 unspecified atom stereocenters. The van der Waals surface area contributed by atoms with Gasteiger partial charge in [-0.05, 0) is 41.3 Å². The van der Waals surface area contributed by atoms with Crippen molar-refractivity contribution < 1.29 is 4.42 Å². The molecule has 4 aromatic rings. The molecule has 0 saturated carbocycles. The molecule has 0 aliphatic carbocycles. The second kappa shape index (κ2) is 7.36. The van der Waals surface area contributed by atoms with Crippen molar-refractivity contribution in [2.24, 2.45) is 0 Å². The average Bonchev–Trinajstić information content (AvgIpc) is 3.40. The van der Waals surface area contributed by atoms with Gasteiger partial charge in [0.15, 0.2) is 0 Å². The minimum atomic E-state index is 0.493. The molecule has 0 aliphatic heterocycles. The first-order chi connectivity index (χ1) is 13.2. The van der Waals surface area contributed by atoms with Gasteiger partial charge in [-0.3, -0.25) is 0 Å². The van der Waals surface area contributed by atoms with E-state index < -0.39 is 0 Å². The Morgan fingerprint density at radius 1 is 1.19 bits per heavy atom. The lowest BCUT2D eigenvalue weighted by atomic mass is 10.0. The van der Waals surface area contributed by atoms with E-state index in [-0.39, 0.29) is 0 Å². The highest BCUT2D eigenvalue weighted by Gasteiger charge is 2.16. The molecule has 0 spiro atoms. The van der Waals surface area contributed by atoms with Gasteiger partial charge >= 0.3 is 0 Å². The number of benzene rings is 1. The molecule has 1 aromatic carbocycles. The van der Waals surface area contributed by atoms with Gasteiger partial charge in [-0.25, -0.2) is 4.98 Å². The molecule has 3 heterocycles. The summed E-state index contributed by atoms with van der Waals surface area (Å²) in [6, 6.07) is 17.7. The largest absolute Gasteiger partial charge is 0.472 e. The van der Waals surface area contributed by atoms with Gasteiger partial charge < -0.3 is 15.5 Å². The molecular formula is C21H16N4OS. The number of pyridine rings is 1. The van der Waals surface area contributed by atoms with Crippen LogP contribution < -0.4 is 11.1 Å². The van der Waals surface area contributed by atoms with Crippen molar-refractivity contribution in [1.82, 2.24) is 4.98 Å². The van der Waals surface area contributed by atoms with Gasteiger partial charge in [-0.15, -0.1) is 11.3 Å². The third-order valence-corrected chi connectivity index (χ3v) is 5.07. The van der Waals surface area contributed by atoms with Crippen molar-refractivity contribution in [3.8, 4) is 27.8 Å². The van der Waals surface area contributed by atoms with Crippen LogP contribution in [0.25, 0.3) is 21.7 Å². The molecule has 0 amide bonds. The molecule has 0 atom stereocenters. The monoisotopic (exact) mass is 372 g/mol. The molecule has 0 bridgehead atoms. The quantitative estimate of drug-likeness (QED) is 0.474. The van der Waals surface area contributed by atoms with E-state index in [2.05, 4.69) is 11.4 Å². The van der Waals surface area contributed by atoms with Gasteiger partial charge in [0.1, 0.15) is 17.5 Å². The van der Waals surface area contributed by atoms with E-state index in [1.54, 1.807) is 23.9 Å². The summed E-state index contributed by atoms with van der Waals surface area (Å²) in [4.78, 5) is 5.75. The normalized spacial score (nSPS) is 10.5. The van der Waals surface area contributed by atoms with Gasteiger partial charge in [-0.1, -0.05) is 18.2 Å². The minimum absolute atomic E-state index is 0.493. The molecule has 3 aromatic heterocycles. The second-order valence-electron chi connectivity index (χ2n) is 5.97. The summed E-state index contributed by atoms with van der Waals surface area (Å²) in [6.07, 6.45) is 3.24. The van der Waals surface area contributed by atoms with Crippen LogP contribution in [-0.4, -0.2) is 4.98 Å². The van der Waals surface area contributed by atoms with Crippen LogP contribution in [0.15, 0.2) is 70.9 Å². The van der Waals surface area contributed by atoms with Crippen LogP contribution in [0.3, 0.4) is 0 Å². The maximum absolute atomic E-state index is 9.78. The number of anilines is 2. The van der Waals surface area contributed by atoms with Crippen LogP contribution >= 0.6 is 11.3 Å². The highest BCUT2D eigenvalue weighted by molar-refractivity contribution is 7.13. The number of rotatable bonds is 5. The summed E-state index contributed by atoms with van der Waals surface area (Å²) >= 11 is 1.61. The number of nitrogens with zero attached hydrogens (tertiary/aromatic N) is 2. The number of furan rings is 1. The molecule has 4 rings (SSSR count). The topological polar surface area (TPSA) is 87.9 Å². The number of nitrogens with one attached hydrogen (secondary N) is 1. The standard InChI is InChI=1S/C21H16N4OS/c22-11-18-17(15-7-8-26-13-15)10-19(20-2-1-9-27-20)25-21(18)24-12-14-3-5-16(23)6-4-14/h1-10,13H,12,23H2,(H,24,25). The Hall–Kier alpha value is -3.56. The van der Waals surface area contributed by atoms with Crippen LogP contribution in [0.2, 0.25) is 0 Å². The van der Waals surface area contributed by atoms with E-state index >= 15 is 0 Å². The zero-order valence-electron chi connectivity index (χ0n) is 14.3. The van der Waals surface area contributed by atoms with Gasteiger partial charge in [0.2, 0.25) is 0 Å². The predicted octanol–water partition coefficient (Wildman–Crippen LogP) is 5.14. The third kappa shape index (κ3) is 3.54. The molecule has 6 heteroatoms. The van der Waals surface area contributed by atoms with Crippen molar-refractivity contribution in [1.29, 1.82) is 5.26 Å². The SMILES string of the molecule is N#Cc1c(-c2ccoc2)cc(-c2cccs2)nc1NCc1ccc(N)cc1. The zero-order valence-corrected chi connectivity index (χ0v) is 15.2. The number of nitriles is 1. The average molecular weight is 372 g/mol.